The van der Waals surface area contributed by atoms with Crippen molar-refractivity contribution in [1.82, 2.24) is 9.88 Å². The van der Waals surface area contributed by atoms with Gasteiger partial charge in [0.2, 0.25) is 0 Å². The number of hydrogen-bond acceptors (Lipinski definition) is 3. The van der Waals surface area contributed by atoms with Crippen molar-refractivity contribution in [2.45, 2.75) is 32.4 Å². The first-order chi connectivity index (χ1) is 12.8. The lowest BCUT2D eigenvalue weighted by Crippen LogP contribution is -2.31. The van der Waals surface area contributed by atoms with Crippen LogP contribution < -0.4 is 4.90 Å². The fourth-order valence-electron chi connectivity index (χ4n) is 4.02. The molecule has 0 bridgehead atoms. The number of benzene rings is 2. The van der Waals surface area contributed by atoms with Crippen molar-refractivity contribution in [2.24, 2.45) is 0 Å². The topological polar surface area (TPSA) is 19.4 Å². The number of nitrogens with zero attached hydrogens (tertiary/aromatic N) is 3. The van der Waals surface area contributed by atoms with Gasteiger partial charge in [0.25, 0.3) is 0 Å². The molecule has 3 heteroatoms. The largest absolute Gasteiger partial charge is 0.371 e. The molecule has 26 heavy (non-hydrogen) atoms. The zero-order valence-corrected chi connectivity index (χ0v) is 15.6. The molecular weight excluding hydrogens is 318 g/mol. The predicted molar refractivity (Wildman–Crippen MR) is 109 cm³/mol. The molecule has 2 aromatic carbocycles. The van der Waals surface area contributed by atoms with E-state index in [2.05, 4.69) is 70.4 Å². The van der Waals surface area contributed by atoms with E-state index in [0.29, 0.717) is 0 Å². The van der Waals surface area contributed by atoms with Crippen molar-refractivity contribution in [3.05, 3.63) is 71.9 Å². The lowest BCUT2D eigenvalue weighted by molar-refractivity contribution is 0.320. The molecule has 0 radical (unpaired) electrons. The average Bonchev–Trinajstić information content (AvgIpc) is 2.69. The predicted octanol–water partition coefficient (Wildman–Crippen LogP) is 4.86. The molecule has 3 nitrogen and oxygen atoms in total. The molecule has 1 aliphatic rings. The molecule has 1 fully saturated rings. The van der Waals surface area contributed by atoms with E-state index in [4.69, 9.17) is 0 Å². The minimum atomic E-state index is 0.905. The molecular formula is C23H27N3. The Morgan fingerprint density at radius 2 is 1.58 bits per heavy atom. The van der Waals surface area contributed by atoms with E-state index in [1.54, 1.807) is 0 Å². The van der Waals surface area contributed by atoms with Crippen molar-refractivity contribution in [3.8, 4) is 0 Å². The molecule has 0 unspecified atom stereocenters. The monoisotopic (exact) mass is 345 g/mol. The second kappa shape index (κ2) is 7.88. The van der Waals surface area contributed by atoms with Crippen LogP contribution >= 0.6 is 0 Å². The summed E-state index contributed by atoms with van der Waals surface area (Å²) in [6.07, 6.45) is 5.88. The van der Waals surface area contributed by atoms with Gasteiger partial charge in [-0.25, -0.2) is 0 Å². The molecule has 1 saturated heterocycles. The van der Waals surface area contributed by atoms with Crippen LogP contribution in [0.1, 0.15) is 30.4 Å². The molecule has 4 rings (SSSR count). The summed E-state index contributed by atoms with van der Waals surface area (Å²) < 4.78 is 0. The molecule has 1 aromatic heterocycles. The van der Waals surface area contributed by atoms with Gasteiger partial charge in [0, 0.05) is 43.4 Å². The van der Waals surface area contributed by atoms with Crippen LogP contribution in [0.2, 0.25) is 0 Å². The molecule has 134 valence electrons. The third-order valence-electron chi connectivity index (χ3n) is 5.29. The number of anilines is 1. The molecule has 3 aromatic rings. The number of pyridine rings is 1. The lowest BCUT2D eigenvalue weighted by atomic mass is 10.1. The Morgan fingerprint density at radius 3 is 2.46 bits per heavy atom. The maximum atomic E-state index is 4.60. The summed E-state index contributed by atoms with van der Waals surface area (Å²) in [5.41, 5.74) is 5.24. The average molecular weight is 345 g/mol. The Morgan fingerprint density at radius 1 is 0.846 bits per heavy atom. The normalized spacial score (nSPS) is 14.9. The number of rotatable bonds is 5. The summed E-state index contributed by atoms with van der Waals surface area (Å²) in [6, 6.07) is 19.5. The number of hydrogen-bond donors (Lipinski definition) is 0. The first kappa shape index (κ1) is 17.0. The Hall–Kier alpha value is -2.39. The second-order valence-electron chi connectivity index (χ2n) is 7.34. The van der Waals surface area contributed by atoms with Crippen LogP contribution in [0.3, 0.4) is 0 Å². The highest BCUT2D eigenvalue weighted by molar-refractivity contribution is 5.81. The minimum Gasteiger partial charge on any atom is -0.371 e. The van der Waals surface area contributed by atoms with E-state index in [-0.39, 0.29) is 0 Å². The fourth-order valence-corrected chi connectivity index (χ4v) is 4.02. The highest BCUT2D eigenvalue weighted by atomic mass is 15.1. The quantitative estimate of drug-likeness (QED) is 0.658. The summed E-state index contributed by atoms with van der Waals surface area (Å²) >= 11 is 0. The standard InChI is InChI=1S/C23H27N3/c1-25(18-21-11-7-10-19-12-8-14-24-23(19)21)17-20-9-3-4-13-22(20)26-15-5-2-6-16-26/h3-4,7-14H,2,5-6,15-18H2,1H3. The van der Waals surface area contributed by atoms with Crippen molar-refractivity contribution in [1.29, 1.82) is 0 Å². The molecule has 0 N–H and O–H groups in total. The van der Waals surface area contributed by atoms with Crippen molar-refractivity contribution < 1.29 is 0 Å². The molecule has 2 heterocycles. The SMILES string of the molecule is CN(Cc1ccccc1N1CCCCC1)Cc1cccc2cccnc12. The van der Waals surface area contributed by atoms with Crippen LogP contribution in [-0.4, -0.2) is 30.0 Å². The Balaban J connectivity index is 1.52. The van der Waals surface area contributed by atoms with Crippen LogP contribution in [-0.2, 0) is 13.1 Å². The maximum Gasteiger partial charge on any atom is 0.0746 e. The van der Waals surface area contributed by atoms with Gasteiger partial charge in [-0.2, -0.15) is 0 Å². The van der Waals surface area contributed by atoms with Crippen LogP contribution in [0.25, 0.3) is 10.9 Å². The molecule has 0 atom stereocenters. The van der Waals surface area contributed by atoms with E-state index in [9.17, 15) is 0 Å². The Labute approximate surface area is 156 Å². The van der Waals surface area contributed by atoms with E-state index < -0.39 is 0 Å². The summed E-state index contributed by atoms with van der Waals surface area (Å²) in [5, 5.41) is 1.21. The van der Waals surface area contributed by atoms with Crippen molar-refractivity contribution in [3.63, 3.8) is 0 Å². The molecule has 0 amide bonds. The first-order valence-corrected chi connectivity index (χ1v) is 9.65. The highest BCUT2D eigenvalue weighted by Gasteiger charge is 2.15. The summed E-state index contributed by atoms with van der Waals surface area (Å²) in [4.78, 5) is 9.55. The first-order valence-electron chi connectivity index (χ1n) is 9.65. The number of fused-ring (bicyclic) bond motifs is 1. The Bertz CT molecular complexity index is 863. The fraction of sp³-hybridized carbons (Fsp3) is 0.348. The van der Waals surface area contributed by atoms with Gasteiger partial charge in [0.1, 0.15) is 0 Å². The van der Waals surface area contributed by atoms with Gasteiger partial charge in [-0.05, 0) is 49.6 Å². The number of piperidine rings is 1. The van der Waals surface area contributed by atoms with Crippen molar-refractivity contribution in [2.75, 3.05) is 25.0 Å². The zero-order chi connectivity index (χ0) is 17.8. The highest BCUT2D eigenvalue weighted by Crippen LogP contribution is 2.26. The molecule has 0 aliphatic carbocycles. The van der Waals surface area contributed by atoms with Crippen molar-refractivity contribution >= 4 is 16.6 Å². The summed E-state index contributed by atoms with van der Waals surface area (Å²) in [5.74, 6) is 0. The van der Waals surface area contributed by atoms with Crippen LogP contribution in [0.5, 0.6) is 0 Å². The van der Waals surface area contributed by atoms with Gasteiger partial charge in [-0.15, -0.1) is 0 Å². The summed E-state index contributed by atoms with van der Waals surface area (Å²) in [6.45, 7) is 4.24. The van der Waals surface area contributed by atoms with Crippen LogP contribution in [0.15, 0.2) is 60.8 Å². The zero-order valence-electron chi connectivity index (χ0n) is 15.6. The maximum absolute atomic E-state index is 4.60. The molecule has 1 aliphatic heterocycles. The van der Waals surface area contributed by atoms with Gasteiger partial charge in [-0.1, -0.05) is 42.5 Å². The molecule has 0 saturated carbocycles. The van der Waals surface area contributed by atoms with Gasteiger partial charge in [0.15, 0.2) is 0 Å². The number of para-hydroxylation sites is 2. The minimum absolute atomic E-state index is 0.905. The van der Waals surface area contributed by atoms with Gasteiger partial charge < -0.3 is 4.90 Å². The molecule has 0 spiro atoms. The van der Waals surface area contributed by atoms with Crippen LogP contribution in [0, 0.1) is 0 Å². The lowest BCUT2D eigenvalue weighted by Gasteiger charge is -2.31. The third-order valence-corrected chi connectivity index (χ3v) is 5.29. The van der Waals surface area contributed by atoms with Gasteiger partial charge >= 0.3 is 0 Å². The van der Waals surface area contributed by atoms with E-state index in [1.807, 2.05) is 12.3 Å². The van der Waals surface area contributed by atoms with E-state index >= 15 is 0 Å². The van der Waals surface area contributed by atoms with Gasteiger partial charge in [-0.3, -0.25) is 9.88 Å². The van der Waals surface area contributed by atoms with Crippen LogP contribution in [0.4, 0.5) is 5.69 Å². The third kappa shape index (κ3) is 3.73. The van der Waals surface area contributed by atoms with E-state index in [1.165, 1.54) is 54.6 Å². The second-order valence-corrected chi connectivity index (χ2v) is 7.34. The smallest absolute Gasteiger partial charge is 0.0746 e. The Kier molecular flexibility index (Phi) is 5.16. The van der Waals surface area contributed by atoms with E-state index in [0.717, 1.165) is 18.6 Å². The van der Waals surface area contributed by atoms with Gasteiger partial charge in [0.05, 0.1) is 5.52 Å². The number of aromatic nitrogens is 1. The summed E-state index contributed by atoms with van der Waals surface area (Å²) in [7, 11) is 2.20.